The van der Waals surface area contributed by atoms with Crippen molar-refractivity contribution in [2.24, 2.45) is 0 Å². The van der Waals surface area contributed by atoms with Crippen LogP contribution in [0.3, 0.4) is 0 Å². The summed E-state index contributed by atoms with van der Waals surface area (Å²) in [5, 5.41) is 7.36. The molecule has 0 spiro atoms. The Bertz CT molecular complexity index is 999. The molecule has 1 aromatic heterocycles. The highest BCUT2D eigenvalue weighted by Gasteiger charge is 2.29. The van der Waals surface area contributed by atoms with Gasteiger partial charge in [-0.1, -0.05) is 42.5 Å². The van der Waals surface area contributed by atoms with E-state index < -0.39 is 11.9 Å². The van der Waals surface area contributed by atoms with Crippen molar-refractivity contribution in [1.29, 1.82) is 0 Å². The van der Waals surface area contributed by atoms with Crippen molar-refractivity contribution in [3.8, 4) is 0 Å². The predicted molar refractivity (Wildman–Crippen MR) is 110 cm³/mol. The molecule has 1 fully saturated rings. The van der Waals surface area contributed by atoms with Crippen LogP contribution in [0.15, 0.2) is 73.1 Å². The van der Waals surface area contributed by atoms with Gasteiger partial charge >= 0.3 is 0 Å². The lowest BCUT2D eigenvalue weighted by Crippen LogP contribution is -2.48. The van der Waals surface area contributed by atoms with Crippen molar-refractivity contribution >= 4 is 11.8 Å². The van der Waals surface area contributed by atoms with E-state index in [2.05, 4.69) is 10.4 Å². The standard InChI is InChI=1S/C23H23FN4O2/c24-20-10-5-4-9-19(20)23(30)27-15-11-18(12-16-27)26-22(29)21(28-14-6-13-25-28)17-7-2-1-3-8-17/h1-10,13-14,18,21H,11-12,15-16H2,(H,26,29). The molecule has 0 saturated carbocycles. The van der Waals surface area contributed by atoms with E-state index in [-0.39, 0.29) is 23.4 Å². The summed E-state index contributed by atoms with van der Waals surface area (Å²) in [6.07, 6.45) is 4.65. The van der Waals surface area contributed by atoms with Gasteiger partial charge in [-0.2, -0.15) is 5.10 Å². The van der Waals surface area contributed by atoms with Crippen LogP contribution in [0.4, 0.5) is 4.39 Å². The second kappa shape index (κ2) is 8.90. The quantitative estimate of drug-likeness (QED) is 0.708. The number of carbonyl (C=O) groups is 2. The van der Waals surface area contributed by atoms with E-state index >= 15 is 0 Å². The molecule has 1 N–H and O–H groups in total. The number of likely N-dealkylation sites (tertiary alicyclic amines) is 1. The number of aromatic nitrogens is 2. The Labute approximate surface area is 174 Å². The van der Waals surface area contributed by atoms with E-state index in [1.807, 2.05) is 30.3 Å². The fourth-order valence-corrected chi connectivity index (χ4v) is 3.80. The molecule has 1 saturated heterocycles. The third-order valence-electron chi connectivity index (χ3n) is 5.39. The monoisotopic (exact) mass is 406 g/mol. The lowest BCUT2D eigenvalue weighted by atomic mass is 10.0. The molecule has 0 radical (unpaired) electrons. The maximum Gasteiger partial charge on any atom is 0.256 e. The molecule has 1 unspecified atom stereocenters. The van der Waals surface area contributed by atoms with Crippen molar-refractivity contribution in [3.05, 3.63) is 90.0 Å². The van der Waals surface area contributed by atoms with Crippen molar-refractivity contribution in [2.45, 2.75) is 24.9 Å². The number of amides is 2. The van der Waals surface area contributed by atoms with Crippen molar-refractivity contribution in [2.75, 3.05) is 13.1 Å². The van der Waals surface area contributed by atoms with E-state index in [1.165, 1.54) is 12.1 Å². The van der Waals surface area contributed by atoms with Crippen LogP contribution in [0.2, 0.25) is 0 Å². The number of benzene rings is 2. The first-order valence-electron chi connectivity index (χ1n) is 10.0. The second-order valence-electron chi connectivity index (χ2n) is 7.35. The molecule has 1 aliphatic rings. The molecule has 4 rings (SSSR count). The highest BCUT2D eigenvalue weighted by molar-refractivity contribution is 5.94. The maximum absolute atomic E-state index is 13.9. The summed E-state index contributed by atoms with van der Waals surface area (Å²) < 4.78 is 15.6. The summed E-state index contributed by atoms with van der Waals surface area (Å²) in [5.41, 5.74) is 0.939. The van der Waals surface area contributed by atoms with E-state index in [0.29, 0.717) is 25.9 Å². The van der Waals surface area contributed by atoms with Crippen molar-refractivity contribution in [1.82, 2.24) is 20.0 Å². The molecule has 154 valence electrons. The number of piperidine rings is 1. The van der Waals surface area contributed by atoms with Crippen LogP contribution in [-0.2, 0) is 4.79 Å². The number of halogens is 1. The van der Waals surface area contributed by atoms with Gasteiger partial charge in [0.25, 0.3) is 5.91 Å². The Kier molecular flexibility index (Phi) is 5.88. The number of nitrogens with zero attached hydrogens (tertiary/aromatic N) is 3. The third kappa shape index (κ3) is 4.25. The Balaban J connectivity index is 1.40. The van der Waals surface area contributed by atoms with Gasteiger partial charge in [-0.25, -0.2) is 4.39 Å². The van der Waals surface area contributed by atoms with E-state index in [1.54, 1.807) is 40.2 Å². The zero-order valence-electron chi connectivity index (χ0n) is 16.4. The van der Waals surface area contributed by atoms with Crippen molar-refractivity contribution < 1.29 is 14.0 Å². The largest absolute Gasteiger partial charge is 0.351 e. The molecule has 3 aromatic rings. The SMILES string of the molecule is O=C(NC1CCN(C(=O)c2ccccc2F)CC1)C(c1ccccc1)n1cccn1. The minimum Gasteiger partial charge on any atom is -0.351 e. The van der Waals surface area contributed by atoms with Crippen LogP contribution in [0, 0.1) is 5.82 Å². The van der Waals surface area contributed by atoms with Gasteiger partial charge in [-0.05, 0) is 36.6 Å². The highest BCUT2D eigenvalue weighted by Crippen LogP contribution is 2.20. The molecule has 2 amide bonds. The molecule has 1 aliphatic heterocycles. The smallest absolute Gasteiger partial charge is 0.256 e. The van der Waals surface area contributed by atoms with E-state index in [4.69, 9.17) is 0 Å². The molecule has 6 nitrogen and oxygen atoms in total. The molecule has 0 aliphatic carbocycles. The van der Waals surface area contributed by atoms with Crippen LogP contribution in [0.25, 0.3) is 0 Å². The first-order valence-corrected chi connectivity index (χ1v) is 10.0. The first-order chi connectivity index (χ1) is 14.6. The van der Waals surface area contributed by atoms with E-state index in [9.17, 15) is 14.0 Å². The summed E-state index contributed by atoms with van der Waals surface area (Å²) >= 11 is 0. The third-order valence-corrected chi connectivity index (χ3v) is 5.39. The average molecular weight is 406 g/mol. The number of rotatable bonds is 5. The molecule has 2 heterocycles. The Morgan fingerprint density at radius 1 is 1.00 bits per heavy atom. The van der Waals surface area contributed by atoms with Crippen LogP contribution < -0.4 is 5.32 Å². The number of nitrogens with one attached hydrogen (secondary N) is 1. The van der Waals surface area contributed by atoms with Gasteiger partial charge in [-0.15, -0.1) is 0 Å². The zero-order chi connectivity index (χ0) is 20.9. The van der Waals surface area contributed by atoms with Crippen LogP contribution >= 0.6 is 0 Å². The molecule has 7 heteroatoms. The van der Waals surface area contributed by atoms with Crippen LogP contribution in [0.5, 0.6) is 0 Å². The number of hydrogen-bond acceptors (Lipinski definition) is 3. The van der Waals surface area contributed by atoms with E-state index in [0.717, 1.165) is 5.56 Å². The Morgan fingerprint density at radius 3 is 2.37 bits per heavy atom. The summed E-state index contributed by atoms with van der Waals surface area (Å²) in [6, 6.07) is 16.7. The summed E-state index contributed by atoms with van der Waals surface area (Å²) in [5.74, 6) is -0.955. The fraction of sp³-hybridized carbons (Fsp3) is 0.261. The molecule has 30 heavy (non-hydrogen) atoms. The second-order valence-corrected chi connectivity index (χ2v) is 7.35. The van der Waals surface area contributed by atoms with Crippen molar-refractivity contribution in [3.63, 3.8) is 0 Å². The van der Waals surface area contributed by atoms with Crippen LogP contribution in [-0.4, -0.2) is 45.6 Å². The molecular weight excluding hydrogens is 383 g/mol. The first kappa shape index (κ1) is 19.8. The summed E-state index contributed by atoms with van der Waals surface area (Å²) in [6.45, 7) is 0.936. The lowest BCUT2D eigenvalue weighted by Gasteiger charge is -2.33. The van der Waals surface area contributed by atoms with Crippen LogP contribution in [0.1, 0.15) is 34.8 Å². The Morgan fingerprint density at radius 2 is 1.70 bits per heavy atom. The number of carbonyl (C=O) groups excluding carboxylic acids is 2. The Hall–Kier alpha value is -3.48. The van der Waals surface area contributed by atoms with Gasteiger partial charge in [0.05, 0.1) is 5.56 Å². The summed E-state index contributed by atoms with van der Waals surface area (Å²) in [7, 11) is 0. The average Bonchev–Trinajstić information content (AvgIpc) is 3.29. The highest BCUT2D eigenvalue weighted by atomic mass is 19.1. The summed E-state index contributed by atoms with van der Waals surface area (Å²) in [4.78, 5) is 27.3. The molecule has 1 atom stereocenters. The van der Waals surface area contributed by atoms with Gasteiger partial charge in [-0.3, -0.25) is 14.3 Å². The van der Waals surface area contributed by atoms with Gasteiger partial charge in [0.15, 0.2) is 6.04 Å². The topological polar surface area (TPSA) is 67.2 Å². The number of hydrogen-bond donors (Lipinski definition) is 1. The molecule has 0 bridgehead atoms. The van der Waals surface area contributed by atoms with Gasteiger partial charge < -0.3 is 10.2 Å². The zero-order valence-corrected chi connectivity index (χ0v) is 16.4. The normalized spacial score (nSPS) is 15.6. The maximum atomic E-state index is 13.9. The lowest BCUT2D eigenvalue weighted by molar-refractivity contribution is -0.124. The predicted octanol–water partition coefficient (Wildman–Crippen LogP) is 3.03. The van der Waals surface area contributed by atoms with Gasteiger partial charge in [0.1, 0.15) is 5.82 Å². The molecular formula is C23H23FN4O2. The molecule has 2 aromatic carbocycles. The minimum atomic E-state index is -0.556. The minimum absolute atomic E-state index is 0.0519. The van der Waals surface area contributed by atoms with Gasteiger partial charge in [0.2, 0.25) is 5.91 Å². The van der Waals surface area contributed by atoms with Gasteiger partial charge in [0, 0.05) is 31.5 Å². The fourth-order valence-electron chi connectivity index (χ4n) is 3.80.